The summed E-state index contributed by atoms with van der Waals surface area (Å²) in [4.78, 5) is 1.49. The van der Waals surface area contributed by atoms with Gasteiger partial charge in [0.05, 0.1) is 13.6 Å². The molecule has 0 saturated carbocycles. The minimum absolute atomic E-state index is 0.516. The molecule has 0 bridgehead atoms. The van der Waals surface area contributed by atoms with E-state index in [0.29, 0.717) is 12.6 Å². The van der Waals surface area contributed by atoms with Crippen molar-refractivity contribution in [2.75, 3.05) is 0 Å². The van der Waals surface area contributed by atoms with Crippen molar-refractivity contribution in [1.82, 2.24) is 25.5 Å². The summed E-state index contributed by atoms with van der Waals surface area (Å²) >= 11 is 0. The average Bonchev–Trinajstić information content (AvgIpc) is 2.61. The van der Waals surface area contributed by atoms with Gasteiger partial charge < -0.3 is 5.32 Å². The molecule has 1 aromatic rings. The number of nitrogens with one attached hydrogen (secondary N) is 1. The molecule has 0 radical (unpaired) electrons. The van der Waals surface area contributed by atoms with Gasteiger partial charge in [0, 0.05) is 6.04 Å². The molecule has 1 heterocycles. The van der Waals surface area contributed by atoms with E-state index in [1.54, 1.807) is 7.05 Å². The van der Waals surface area contributed by atoms with Gasteiger partial charge in [-0.3, -0.25) is 0 Å². The minimum atomic E-state index is 0.516. The lowest BCUT2D eigenvalue weighted by Gasteiger charge is -2.12. The number of aromatic nitrogens is 4. The molecule has 0 aromatic carbocycles. The second-order valence-electron chi connectivity index (χ2n) is 4.80. The second kappa shape index (κ2) is 6.58. The highest BCUT2D eigenvalue weighted by Crippen LogP contribution is 2.08. The van der Waals surface area contributed by atoms with E-state index in [1.807, 2.05) is 0 Å². The number of tetrazole rings is 1. The van der Waals surface area contributed by atoms with Gasteiger partial charge in [-0.25, -0.2) is 0 Å². The van der Waals surface area contributed by atoms with Crippen LogP contribution < -0.4 is 5.32 Å². The lowest BCUT2D eigenvalue weighted by molar-refractivity contribution is 0.452. The summed E-state index contributed by atoms with van der Waals surface area (Å²) < 4.78 is 0. The summed E-state index contributed by atoms with van der Waals surface area (Å²) in [7, 11) is 1.78. The maximum absolute atomic E-state index is 4.12. The quantitative estimate of drug-likeness (QED) is 0.764. The predicted octanol–water partition coefficient (Wildman–Crippen LogP) is 1.51. The van der Waals surface area contributed by atoms with E-state index in [-0.39, 0.29) is 0 Å². The first-order chi connectivity index (χ1) is 7.58. The topological polar surface area (TPSA) is 55.6 Å². The van der Waals surface area contributed by atoms with Crippen LogP contribution >= 0.6 is 0 Å². The number of nitrogens with zero attached hydrogens (tertiary/aromatic N) is 4. The molecule has 16 heavy (non-hydrogen) atoms. The summed E-state index contributed by atoms with van der Waals surface area (Å²) in [6, 6.07) is 0.516. The van der Waals surface area contributed by atoms with Crippen LogP contribution in [0.2, 0.25) is 0 Å². The average molecular weight is 225 g/mol. The number of rotatable bonds is 7. The Bertz CT molecular complexity index is 294. The van der Waals surface area contributed by atoms with Crippen molar-refractivity contribution in [1.29, 1.82) is 0 Å². The zero-order valence-corrected chi connectivity index (χ0v) is 10.8. The minimum Gasteiger partial charge on any atom is -0.307 e. The zero-order chi connectivity index (χ0) is 12.0. The molecule has 1 N–H and O–H groups in total. The van der Waals surface area contributed by atoms with Crippen LogP contribution in [0.4, 0.5) is 0 Å². The largest absolute Gasteiger partial charge is 0.307 e. The fraction of sp³-hybridized carbons (Fsp3) is 0.909. The third-order valence-electron chi connectivity index (χ3n) is 2.58. The molecule has 0 amide bonds. The Hall–Kier alpha value is -0.970. The van der Waals surface area contributed by atoms with Gasteiger partial charge in [-0.15, -0.1) is 10.2 Å². The summed E-state index contributed by atoms with van der Waals surface area (Å²) in [5, 5.41) is 15.3. The van der Waals surface area contributed by atoms with Crippen LogP contribution in [0.3, 0.4) is 0 Å². The van der Waals surface area contributed by atoms with Crippen molar-refractivity contribution >= 4 is 0 Å². The van der Waals surface area contributed by atoms with Crippen molar-refractivity contribution in [3.8, 4) is 0 Å². The summed E-state index contributed by atoms with van der Waals surface area (Å²) in [6.07, 6.45) is 3.79. The number of hydrogen-bond donors (Lipinski definition) is 1. The highest BCUT2D eigenvalue weighted by atomic mass is 15.6. The third-order valence-corrected chi connectivity index (χ3v) is 2.58. The molecule has 1 rings (SSSR count). The highest BCUT2D eigenvalue weighted by Gasteiger charge is 2.05. The van der Waals surface area contributed by atoms with Gasteiger partial charge in [-0.1, -0.05) is 26.7 Å². The second-order valence-corrected chi connectivity index (χ2v) is 4.80. The lowest BCUT2D eigenvalue weighted by atomic mass is 10.0. The summed E-state index contributed by atoms with van der Waals surface area (Å²) in [5.74, 6) is 1.56. The van der Waals surface area contributed by atoms with Gasteiger partial charge in [0.15, 0.2) is 5.82 Å². The van der Waals surface area contributed by atoms with E-state index in [9.17, 15) is 0 Å². The normalized spacial score (nSPS) is 13.3. The Morgan fingerprint density at radius 2 is 2.00 bits per heavy atom. The van der Waals surface area contributed by atoms with Gasteiger partial charge in [0.25, 0.3) is 0 Å². The SMILES string of the molecule is CC(C)CCCC(C)NCc1nnn(C)n1. The van der Waals surface area contributed by atoms with Gasteiger partial charge in [-0.05, 0) is 24.5 Å². The molecule has 5 nitrogen and oxygen atoms in total. The number of aryl methyl sites for hydroxylation is 1. The van der Waals surface area contributed by atoms with Crippen LogP contribution in [0.25, 0.3) is 0 Å². The molecule has 0 fully saturated rings. The summed E-state index contributed by atoms with van der Waals surface area (Å²) in [6.45, 7) is 7.44. The standard InChI is InChI=1S/C11H23N5/c1-9(2)6-5-7-10(3)12-8-11-13-15-16(4)14-11/h9-10,12H,5-8H2,1-4H3. The van der Waals surface area contributed by atoms with Crippen LogP contribution in [-0.2, 0) is 13.6 Å². The predicted molar refractivity (Wildman–Crippen MR) is 63.8 cm³/mol. The summed E-state index contributed by atoms with van der Waals surface area (Å²) in [5.41, 5.74) is 0. The van der Waals surface area contributed by atoms with Crippen LogP contribution in [0, 0.1) is 5.92 Å². The van der Waals surface area contributed by atoms with Gasteiger partial charge in [-0.2, -0.15) is 4.80 Å². The van der Waals surface area contributed by atoms with Gasteiger partial charge >= 0.3 is 0 Å². The Kier molecular flexibility index (Phi) is 5.38. The van der Waals surface area contributed by atoms with E-state index in [0.717, 1.165) is 11.7 Å². The molecule has 0 aliphatic heterocycles. The fourth-order valence-corrected chi connectivity index (χ4v) is 1.59. The monoisotopic (exact) mass is 225 g/mol. The molecule has 1 aromatic heterocycles. The maximum Gasteiger partial charge on any atom is 0.188 e. The van der Waals surface area contributed by atoms with Crippen LogP contribution in [0.15, 0.2) is 0 Å². The van der Waals surface area contributed by atoms with E-state index < -0.39 is 0 Å². The van der Waals surface area contributed by atoms with Crippen LogP contribution in [-0.4, -0.2) is 26.2 Å². The Morgan fingerprint density at radius 3 is 2.56 bits per heavy atom. The molecular weight excluding hydrogens is 202 g/mol. The first-order valence-corrected chi connectivity index (χ1v) is 6.04. The third kappa shape index (κ3) is 5.21. The van der Waals surface area contributed by atoms with E-state index in [2.05, 4.69) is 41.5 Å². The fourth-order valence-electron chi connectivity index (χ4n) is 1.59. The molecule has 1 unspecified atom stereocenters. The molecule has 0 saturated heterocycles. The van der Waals surface area contributed by atoms with Crippen LogP contribution in [0.5, 0.6) is 0 Å². The Labute approximate surface area is 97.6 Å². The van der Waals surface area contributed by atoms with Crippen LogP contribution in [0.1, 0.15) is 45.9 Å². The molecule has 0 aliphatic rings. The molecule has 0 aliphatic carbocycles. The Balaban J connectivity index is 2.12. The lowest BCUT2D eigenvalue weighted by Crippen LogP contribution is -2.26. The number of hydrogen-bond acceptors (Lipinski definition) is 4. The molecular formula is C11H23N5. The van der Waals surface area contributed by atoms with E-state index >= 15 is 0 Å². The van der Waals surface area contributed by atoms with Crippen molar-refractivity contribution in [2.45, 2.75) is 52.6 Å². The first kappa shape index (κ1) is 13.1. The molecule has 1 atom stereocenters. The molecule has 92 valence electrons. The Morgan fingerprint density at radius 1 is 1.25 bits per heavy atom. The van der Waals surface area contributed by atoms with Crippen molar-refractivity contribution < 1.29 is 0 Å². The molecule has 5 heteroatoms. The van der Waals surface area contributed by atoms with Crippen molar-refractivity contribution in [3.63, 3.8) is 0 Å². The van der Waals surface area contributed by atoms with Crippen molar-refractivity contribution in [2.24, 2.45) is 13.0 Å². The van der Waals surface area contributed by atoms with E-state index in [4.69, 9.17) is 0 Å². The zero-order valence-electron chi connectivity index (χ0n) is 10.8. The van der Waals surface area contributed by atoms with Crippen molar-refractivity contribution in [3.05, 3.63) is 5.82 Å². The highest BCUT2D eigenvalue weighted by molar-refractivity contribution is 4.76. The molecule has 0 spiro atoms. The van der Waals surface area contributed by atoms with E-state index in [1.165, 1.54) is 24.1 Å². The first-order valence-electron chi connectivity index (χ1n) is 6.04. The van der Waals surface area contributed by atoms with Gasteiger partial charge in [0.2, 0.25) is 0 Å². The van der Waals surface area contributed by atoms with Gasteiger partial charge in [0.1, 0.15) is 0 Å². The smallest absolute Gasteiger partial charge is 0.188 e. The maximum atomic E-state index is 4.12.